The molecule has 0 amide bonds. The van der Waals surface area contributed by atoms with Crippen LogP contribution in [0.25, 0.3) is 0 Å². The lowest BCUT2D eigenvalue weighted by molar-refractivity contribution is 0.343. The molecule has 58 valence electrons. The first-order valence-corrected chi connectivity index (χ1v) is 4.69. The fourth-order valence-corrected chi connectivity index (χ4v) is 1.80. The van der Waals surface area contributed by atoms with Gasteiger partial charge >= 0.3 is 0 Å². The van der Waals surface area contributed by atoms with Crippen molar-refractivity contribution in [2.45, 2.75) is 17.3 Å². The summed E-state index contributed by atoms with van der Waals surface area (Å²) < 4.78 is 0.381. The van der Waals surface area contributed by atoms with Crippen molar-refractivity contribution in [3.63, 3.8) is 0 Å². The van der Waals surface area contributed by atoms with Crippen LogP contribution in [-0.2, 0) is 0 Å². The van der Waals surface area contributed by atoms with E-state index in [0.29, 0.717) is 4.05 Å². The number of halogens is 1. The van der Waals surface area contributed by atoms with E-state index in [9.17, 15) is 0 Å². The van der Waals surface area contributed by atoms with Crippen LogP contribution in [0.5, 0.6) is 0 Å². The van der Waals surface area contributed by atoms with Gasteiger partial charge < -0.3 is 4.90 Å². The highest BCUT2D eigenvalue weighted by atomic mass is 127. The van der Waals surface area contributed by atoms with Crippen molar-refractivity contribution in [1.82, 2.24) is 4.90 Å². The number of fused-ring (bicyclic) bond motifs is 1. The van der Waals surface area contributed by atoms with Crippen LogP contribution in [-0.4, -0.2) is 27.2 Å². The minimum atomic E-state index is 0.0156. The van der Waals surface area contributed by atoms with E-state index in [1.807, 2.05) is 19.2 Å². The van der Waals surface area contributed by atoms with E-state index in [1.165, 1.54) is 0 Å². The van der Waals surface area contributed by atoms with E-state index in [-0.39, 0.29) is 6.29 Å². The Morgan fingerprint density at radius 3 is 3.18 bits per heavy atom. The van der Waals surface area contributed by atoms with Crippen molar-refractivity contribution in [2.75, 3.05) is 0 Å². The van der Waals surface area contributed by atoms with Crippen molar-refractivity contribution < 1.29 is 0 Å². The number of hydrogen-bond donors (Lipinski definition) is 0. The highest BCUT2D eigenvalue weighted by molar-refractivity contribution is 14.1. The lowest BCUT2D eigenvalue weighted by Gasteiger charge is -2.23. The van der Waals surface area contributed by atoms with E-state index >= 15 is 0 Å². The summed E-state index contributed by atoms with van der Waals surface area (Å²) in [6.07, 6.45) is 5.79. The zero-order chi connectivity index (χ0) is 7.84. The molecule has 4 heteroatoms. The Balaban J connectivity index is 2.29. The average Bonchev–Trinajstić information content (AvgIpc) is 2.30. The molecule has 0 aromatic rings. The second-order valence-electron chi connectivity index (χ2n) is 2.54. The Morgan fingerprint density at radius 1 is 1.64 bits per heavy atom. The van der Waals surface area contributed by atoms with Crippen molar-refractivity contribution in [3.05, 3.63) is 12.3 Å². The SMILES string of the molecule is CC1=NC2N=CC=CN2C1I. The lowest BCUT2D eigenvalue weighted by atomic mass is 10.4. The van der Waals surface area contributed by atoms with Crippen molar-refractivity contribution >= 4 is 34.5 Å². The van der Waals surface area contributed by atoms with Crippen LogP contribution in [0.4, 0.5) is 0 Å². The van der Waals surface area contributed by atoms with E-state index < -0.39 is 0 Å². The minimum Gasteiger partial charge on any atom is -0.321 e. The van der Waals surface area contributed by atoms with Gasteiger partial charge in [0.15, 0.2) is 0 Å². The molecule has 3 nitrogen and oxygen atoms in total. The molecule has 0 saturated heterocycles. The van der Waals surface area contributed by atoms with Gasteiger partial charge in [0.05, 0.1) is 0 Å². The second kappa shape index (κ2) is 2.58. The molecule has 0 spiro atoms. The summed E-state index contributed by atoms with van der Waals surface area (Å²) in [5, 5.41) is 0. The highest BCUT2D eigenvalue weighted by Gasteiger charge is 2.29. The Morgan fingerprint density at radius 2 is 2.45 bits per heavy atom. The predicted octanol–water partition coefficient (Wildman–Crippen LogP) is 1.41. The standard InChI is InChI=1S/C7H8IN3/c1-5-6(8)11-4-2-3-9-7(11)10-5/h2-4,6-7H,1H3. The van der Waals surface area contributed by atoms with Crippen LogP contribution in [0.1, 0.15) is 6.92 Å². The summed E-state index contributed by atoms with van der Waals surface area (Å²) in [6.45, 7) is 2.04. The van der Waals surface area contributed by atoms with Gasteiger partial charge in [-0.3, -0.25) is 0 Å². The van der Waals surface area contributed by atoms with Crippen molar-refractivity contribution in [1.29, 1.82) is 0 Å². The van der Waals surface area contributed by atoms with Gasteiger partial charge in [0.2, 0.25) is 6.29 Å². The normalized spacial score (nSPS) is 34.0. The summed E-state index contributed by atoms with van der Waals surface area (Å²) in [7, 11) is 0. The van der Waals surface area contributed by atoms with Gasteiger partial charge in [-0.05, 0) is 13.0 Å². The zero-order valence-electron chi connectivity index (χ0n) is 6.11. The molecule has 0 aromatic heterocycles. The molecule has 0 saturated carbocycles. The summed E-state index contributed by atoms with van der Waals surface area (Å²) >= 11 is 2.36. The van der Waals surface area contributed by atoms with Crippen LogP contribution in [0, 0.1) is 0 Å². The molecule has 0 fully saturated rings. The maximum atomic E-state index is 4.38. The van der Waals surface area contributed by atoms with Gasteiger partial charge in [-0.15, -0.1) is 0 Å². The van der Waals surface area contributed by atoms with Gasteiger partial charge in [0, 0.05) is 18.1 Å². The number of nitrogens with zero attached hydrogens (tertiary/aromatic N) is 3. The zero-order valence-corrected chi connectivity index (χ0v) is 8.26. The summed E-state index contributed by atoms with van der Waals surface area (Å²) in [5.41, 5.74) is 1.15. The highest BCUT2D eigenvalue weighted by Crippen LogP contribution is 2.24. The van der Waals surface area contributed by atoms with Gasteiger partial charge in [-0.2, -0.15) is 0 Å². The first kappa shape index (κ1) is 7.27. The third-order valence-corrected chi connectivity index (χ3v) is 3.30. The fourth-order valence-electron chi connectivity index (χ4n) is 1.17. The molecule has 2 unspecified atom stereocenters. The number of aliphatic imine (C=N–C) groups is 2. The molecule has 0 aliphatic carbocycles. The Labute approximate surface area is 79.0 Å². The summed E-state index contributed by atoms with van der Waals surface area (Å²) in [6, 6.07) is 0. The lowest BCUT2D eigenvalue weighted by Crippen LogP contribution is -2.31. The van der Waals surface area contributed by atoms with Crippen LogP contribution in [0.15, 0.2) is 22.3 Å². The van der Waals surface area contributed by atoms with Crippen LogP contribution < -0.4 is 0 Å². The fraction of sp³-hybridized carbons (Fsp3) is 0.429. The molecule has 2 aliphatic heterocycles. The van der Waals surface area contributed by atoms with Crippen LogP contribution >= 0.6 is 22.6 Å². The Kier molecular flexibility index (Phi) is 1.71. The molecule has 0 bridgehead atoms. The minimum absolute atomic E-state index is 0.0156. The molecule has 2 rings (SSSR count). The second-order valence-corrected chi connectivity index (χ2v) is 3.72. The molecular formula is C7H8IN3. The van der Waals surface area contributed by atoms with E-state index in [4.69, 9.17) is 0 Å². The number of rotatable bonds is 0. The van der Waals surface area contributed by atoms with E-state index in [2.05, 4.69) is 37.5 Å². The smallest absolute Gasteiger partial charge is 0.217 e. The third-order valence-electron chi connectivity index (χ3n) is 1.76. The maximum absolute atomic E-state index is 4.38. The number of alkyl halides is 1. The first-order chi connectivity index (χ1) is 5.29. The molecular weight excluding hydrogens is 253 g/mol. The maximum Gasteiger partial charge on any atom is 0.217 e. The van der Waals surface area contributed by atoms with Crippen molar-refractivity contribution in [2.24, 2.45) is 9.98 Å². The molecule has 2 aliphatic rings. The van der Waals surface area contributed by atoms with Gasteiger partial charge in [0.25, 0.3) is 0 Å². The van der Waals surface area contributed by atoms with Gasteiger partial charge in [-0.25, -0.2) is 9.98 Å². The molecule has 0 N–H and O–H groups in total. The predicted molar refractivity (Wildman–Crippen MR) is 54.2 cm³/mol. The molecule has 11 heavy (non-hydrogen) atoms. The van der Waals surface area contributed by atoms with Crippen molar-refractivity contribution in [3.8, 4) is 0 Å². The Bertz CT molecular complexity index is 256. The first-order valence-electron chi connectivity index (χ1n) is 3.45. The van der Waals surface area contributed by atoms with Crippen LogP contribution in [0.2, 0.25) is 0 Å². The monoisotopic (exact) mass is 261 g/mol. The Hall–Kier alpha value is -0.390. The van der Waals surface area contributed by atoms with Crippen LogP contribution in [0.3, 0.4) is 0 Å². The molecule has 0 radical (unpaired) electrons. The summed E-state index contributed by atoms with van der Waals surface area (Å²) in [5.74, 6) is 0. The average molecular weight is 261 g/mol. The molecule has 0 aromatic carbocycles. The molecule has 2 atom stereocenters. The van der Waals surface area contributed by atoms with Gasteiger partial charge in [0.1, 0.15) is 4.05 Å². The summed E-state index contributed by atoms with van der Waals surface area (Å²) in [4.78, 5) is 10.7. The topological polar surface area (TPSA) is 28.0 Å². The van der Waals surface area contributed by atoms with E-state index in [1.54, 1.807) is 6.21 Å². The van der Waals surface area contributed by atoms with Gasteiger partial charge in [-0.1, -0.05) is 22.6 Å². The molecule has 2 heterocycles. The number of hydrogen-bond acceptors (Lipinski definition) is 3. The third kappa shape index (κ3) is 1.09. The number of allylic oxidation sites excluding steroid dienone is 1. The quantitative estimate of drug-likeness (QED) is 0.368. The van der Waals surface area contributed by atoms with E-state index in [0.717, 1.165) is 5.71 Å². The largest absolute Gasteiger partial charge is 0.321 e.